The number of hydrogen-bond donors (Lipinski definition) is 1. The highest BCUT2D eigenvalue weighted by Crippen LogP contribution is 2.22. The lowest BCUT2D eigenvalue weighted by atomic mass is 10.1. The van der Waals surface area contributed by atoms with Crippen molar-refractivity contribution in [1.29, 1.82) is 0 Å². The van der Waals surface area contributed by atoms with E-state index >= 15 is 0 Å². The number of halogens is 1. The van der Waals surface area contributed by atoms with Gasteiger partial charge in [-0.3, -0.25) is 9.78 Å². The fraction of sp³-hybridized carbons (Fsp3) is 0.158. The van der Waals surface area contributed by atoms with Crippen molar-refractivity contribution in [2.24, 2.45) is 0 Å². The lowest BCUT2D eigenvalue weighted by molar-refractivity contribution is 0.102. The Morgan fingerprint density at radius 2 is 1.83 bits per heavy atom. The van der Waals surface area contributed by atoms with E-state index in [2.05, 4.69) is 10.3 Å². The van der Waals surface area contributed by atoms with Crippen molar-refractivity contribution in [1.82, 2.24) is 4.98 Å². The minimum Gasteiger partial charge on any atom is -0.322 e. The summed E-state index contributed by atoms with van der Waals surface area (Å²) in [6.07, 6.45) is 0. The SMILES string of the molecule is Cc1ccc(NC(=O)c2cc(C)nc3cc(F)ccc23)c(C)c1. The molecule has 1 aromatic heterocycles. The quantitative estimate of drug-likeness (QED) is 0.754. The molecule has 4 heteroatoms. The van der Waals surface area contributed by atoms with Crippen LogP contribution in [0.3, 0.4) is 0 Å². The molecule has 1 N–H and O–H groups in total. The molecule has 116 valence electrons. The molecule has 0 bridgehead atoms. The maximum absolute atomic E-state index is 13.4. The van der Waals surface area contributed by atoms with E-state index < -0.39 is 0 Å². The fourth-order valence-electron chi connectivity index (χ4n) is 2.67. The molecule has 1 heterocycles. The van der Waals surface area contributed by atoms with E-state index in [0.717, 1.165) is 16.8 Å². The molecule has 23 heavy (non-hydrogen) atoms. The molecule has 3 aromatic rings. The van der Waals surface area contributed by atoms with Gasteiger partial charge in [-0.15, -0.1) is 0 Å². The Kier molecular flexibility index (Phi) is 3.82. The van der Waals surface area contributed by atoms with Crippen LogP contribution in [0.2, 0.25) is 0 Å². The number of rotatable bonds is 2. The summed E-state index contributed by atoms with van der Waals surface area (Å²) in [5.41, 5.74) is 4.56. The predicted octanol–water partition coefficient (Wildman–Crippen LogP) is 4.55. The minimum absolute atomic E-state index is 0.223. The van der Waals surface area contributed by atoms with Gasteiger partial charge in [-0.25, -0.2) is 4.39 Å². The summed E-state index contributed by atoms with van der Waals surface area (Å²) in [7, 11) is 0. The number of anilines is 1. The molecule has 3 rings (SSSR count). The molecule has 0 saturated carbocycles. The molecule has 0 radical (unpaired) electrons. The van der Waals surface area contributed by atoms with Crippen LogP contribution in [0, 0.1) is 26.6 Å². The van der Waals surface area contributed by atoms with E-state index in [-0.39, 0.29) is 11.7 Å². The standard InChI is InChI=1S/C19H17FN2O/c1-11-4-7-17(12(2)8-11)22-19(23)16-9-13(3)21-18-10-14(20)5-6-15(16)18/h4-10H,1-3H3,(H,22,23). The zero-order chi connectivity index (χ0) is 16.6. The highest BCUT2D eigenvalue weighted by molar-refractivity contribution is 6.12. The van der Waals surface area contributed by atoms with E-state index in [9.17, 15) is 9.18 Å². The van der Waals surface area contributed by atoms with Crippen molar-refractivity contribution >= 4 is 22.5 Å². The number of aryl methyl sites for hydroxylation is 3. The normalized spacial score (nSPS) is 10.8. The molecule has 3 nitrogen and oxygen atoms in total. The van der Waals surface area contributed by atoms with E-state index in [1.807, 2.05) is 32.0 Å². The topological polar surface area (TPSA) is 42.0 Å². The van der Waals surface area contributed by atoms with Gasteiger partial charge in [0, 0.05) is 22.8 Å². The average Bonchev–Trinajstić information content (AvgIpc) is 2.48. The highest BCUT2D eigenvalue weighted by atomic mass is 19.1. The van der Waals surface area contributed by atoms with Gasteiger partial charge in [0.15, 0.2) is 0 Å². The number of benzene rings is 2. The molecular formula is C19H17FN2O. The van der Waals surface area contributed by atoms with Gasteiger partial charge in [-0.2, -0.15) is 0 Å². The van der Waals surface area contributed by atoms with Crippen molar-refractivity contribution in [2.45, 2.75) is 20.8 Å². The van der Waals surface area contributed by atoms with E-state index in [4.69, 9.17) is 0 Å². The fourth-order valence-corrected chi connectivity index (χ4v) is 2.67. The Morgan fingerprint density at radius 1 is 1.04 bits per heavy atom. The lowest BCUT2D eigenvalue weighted by Gasteiger charge is -2.11. The minimum atomic E-state index is -0.365. The lowest BCUT2D eigenvalue weighted by Crippen LogP contribution is -2.14. The van der Waals surface area contributed by atoms with Gasteiger partial charge >= 0.3 is 0 Å². The van der Waals surface area contributed by atoms with Crippen molar-refractivity contribution in [3.8, 4) is 0 Å². The third-order valence-corrected chi connectivity index (χ3v) is 3.77. The van der Waals surface area contributed by atoms with Crippen LogP contribution in [0.5, 0.6) is 0 Å². The number of fused-ring (bicyclic) bond motifs is 1. The zero-order valence-corrected chi connectivity index (χ0v) is 13.3. The molecule has 1 amide bonds. The van der Waals surface area contributed by atoms with E-state index in [1.165, 1.54) is 12.1 Å². The van der Waals surface area contributed by atoms with Crippen molar-refractivity contribution < 1.29 is 9.18 Å². The number of nitrogens with zero attached hydrogens (tertiary/aromatic N) is 1. The largest absolute Gasteiger partial charge is 0.322 e. The second-order valence-electron chi connectivity index (χ2n) is 5.75. The Balaban J connectivity index is 2.03. The molecule has 0 unspecified atom stereocenters. The van der Waals surface area contributed by atoms with Gasteiger partial charge in [-0.05, 0) is 50.6 Å². The maximum atomic E-state index is 13.4. The first-order valence-corrected chi connectivity index (χ1v) is 7.39. The van der Waals surface area contributed by atoms with Crippen LogP contribution in [0.15, 0.2) is 42.5 Å². The van der Waals surface area contributed by atoms with E-state index in [1.54, 1.807) is 19.1 Å². The van der Waals surface area contributed by atoms with Crippen LogP contribution in [0.1, 0.15) is 27.2 Å². The number of aromatic nitrogens is 1. The van der Waals surface area contributed by atoms with Crippen molar-refractivity contribution in [3.05, 3.63) is 70.7 Å². The van der Waals surface area contributed by atoms with Crippen LogP contribution in [-0.4, -0.2) is 10.9 Å². The Labute approximate surface area is 134 Å². The second kappa shape index (κ2) is 5.80. The third-order valence-electron chi connectivity index (χ3n) is 3.77. The summed E-state index contributed by atoms with van der Waals surface area (Å²) in [6, 6.07) is 11.9. The first-order valence-electron chi connectivity index (χ1n) is 7.39. The molecule has 0 saturated heterocycles. The molecule has 0 aliphatic carbocycles. The molecular weight excluding hydrogens is 291 g/mol. The first-order chi connectivity index (χ1) is 10.9. The van der Waals surface area contributed by atoms with Crippen LogP contribution in [0.4, 0.5) is 10.1 Å². The summed E-state index contributed by atoms with van der Waals surface area (Å²) in [4.78, 5) is 17.0. The number of carbonyl (C=O) groups is 1. The summed E-state index contributed by atoms with van der Waals surface area (Å²) >= 11 is 0. The van der Waals surface area contributed by atoms with E-state index in [0.29, 0.717) is 22.2 Å². The molecule has 2 aromatic carbocycles. The van der Waals surface area contributed by atoms with Gasteiger partial charge in [-0.1, -0.05) is 17.7 Å². The Bertz CT molecular complexity index is 913. The molecule has 0 atom stereocenters. The van der Waals surface area contributed by atoms with Gasteiger partial charge in [0.2, 0.25) is 0 Å². The zero-order valence-electron chi connectivity index (χ0n) is 13.3. The summed E-state index contributed by atoms with van der Waals surface area (Å²) in [6.45, 7) is 5.75. The second-order valence-corrected chi connectivity index (χ2v) is 5.75. The highest BCUT2D eigenvalue weighted by Gasteiger charge is 2.13. The summed E-state index contributed by atoms with van der Waals surface area (Å²) < 4.78 is 13.4. The van der Waals surface area contributed by atoms with Crippen LogP contribution >= 0.6 is 0 Å². The Hall–Kier alpha value is -2.75. The molecule has 0 aliphatic heterocycles. The van der Waals surface area contributed by atoms with Gasteiger partial charge in [0.05, 0.1) is 11.1 Å². The number of carbonyl (C=O) groups excluding carboxylic acids is 1. The Morgan fingerprint density at radius 3 is 2.57 bits per heavy atom. The molecule has 0 aliphatic rings. The first kappa shape index (κ1) is 15.2. The van der Waals surface area contributed by atoms with Crippen molar-refractivity contribution in [3.63, 3.8) is 0 Å². The smallest absolute Gasteiger partial charge is 0.256 e. The number of pyridine rings is 1. The van der Waals surface area contributed by atoms with Gasteiger partial charge in [0.1, 0.15) is 5.82 Å². The van der Waals surface area contributed by atoms with Crippen molar-refractivity contribution in [2.75, 3.05) is 5.32 Å². The summed E-state index contributed by atoms with van der Waals surface area (Å²) in [5.74, 6) is -0.588. The third kappa shape index (κ3) is 3.06. The van der Waals surface area contributed by atoms with Gasteiger partial charge in [0.25, 0.3) is 5.91 Å². The number of hydrogen-bond acceptors (Lipinski definition) is 2. The molecule has 0 spiro atoms. The number of nitrogens with one attached hydrogen (secondary N) is 1. The van der Waals surface area contributed by atoms with Crippen LogP contribution in [-0.2, 0) is 0 Å². The average molecular weight is 308 g/mol. The molecule has 0 fully saturated rings. The monoisotopic (exact) mass is 308 g/mol. The van der Waals surface area contributed by atoms with Crippen LogP contribution < -0.4 is 5.32 Å². The maximum Gasteiger partial charge on any atom is 0.256 e. The number of amides is 1. The summed E-state index contributed by atoms with van der Waals surface area (Å²) in [5, 5.41) is 3.57. The predicted molar refractivity (Wildman–Crippen MR) is 90.3 cm³/mol. The van der Waals surface area contributed by atoms with Crippen LogP contribution in [0.25, 0.3) is 10.9 Å². The van der Waals surface area contributed by atoms with Gasteiger partial charge < -0.3 is 5.32 Å².